The number of amides is 1. The molecule has 1 aromatic carbocycles. The molecule has 1 aromatic rings. The largest absolute Gasteiger partial charge is 0.480 e. The van der Waals surface area contributed by atoms with Gasteiger partial charge in [-0.25, -0.2) is 4.79 Å². The van der Waals surface area contributed by atoms with Crippen molar-refractivity contribution in [2.24, 2.45) is 5.92 Å². The molecule has 1 heterocycles. The monoisotopic (exact) mass is 233 g/mol. The number of carbonyl (C=O) groups is 2. The van der Waals surface area contributed by atoms with E-state index in [-0.39, 0.29) is 11.8 Å². The lowest BCUT2D eigenvalue weighted by molar-refractivity contribution is -0.147. The molecule has 0 bridgehead atoms. The van der Waals surface area contributed by atoms with Gasteiger partial charge in [0.1, 0.15) is 6.04 Å². The second-order valence-corrected chi connectivity index (χ2v) is 4.47. The first-order valence-corrected chi connectivity index (χ1v) is 5.66. The van der Waals surface area contributed by atoms with Gasteiger partial charge >= 0.3 is 5.97 Å². The van der Waals surface area contributed by atoms with Gasteiger partial charge in [-0.3, -0.25) is 4.79 Å². The summed E-state index contributed by atoms with van der Waals surface area (Å²) in [6, 6.07) is 8.77. The lowest BCUT2D eigenvalue weighted by atomic mass is 10.0. The van der Waals surface area contributed by atoms with Crippen LogP contribution in [0, 0.1) is 5.92 Å². The maximum atomic E-state index is 11.8. The summed E-state index contributed by atoms with van der Waals surface area (Å²) in [4.78, 5) is 24.4. The fourth-order valence-electron chi connectivity index (χ4n) is 2.31. The van der Waals surface area contributed by atoms with E-state index in [1.54, 1.807) is 0 Å². The highest BCUT2D eigenvalue weighted by Crippen LogP contribution is 2.27. The van der Waals surface area contributed by atoms with E-state index in [4.69, 9.17) is 5.11 Å². The van der Waals surface area contributed by atoms with E-state index in [1.807, 2.05) is 37.3 Å². The number of carboxylic acid groups (broad SMARTS) is 1. The Labute approximate surface area is 99.9 Å². The lowest BCUT2D eigenvalue weighted by Gasteiger charge is -2.23. The predicted octanol–water partition coefficient (Wildman–Crippen LogP) is 1.51. The van der Waals surface area contributed by atoms with Crippen LogP contribution in [0.4, 0.5) is 0 Å². The van der Waals surface area contributed by atoms with Crippen molar-refractivity contribution in [2.75, 3.05) is 0 Å². The second kappa shape index (κ2) is 4.57. The van der Waals surface area contributed by atoms with E-state index in [1.165, 1.54) is 4.90 Å². The Morgan fingerprint density at radius 2 is 2.06 bits per heavy atom. The maximum absolute atomic E-state index is 11.8. The molecule has 0 saturated carbocycles. The van der Waals surface area contributed by atoms with Crippen LogP contribution < -0.4 is 0 Å². The minimum atomic E-state index is -0.917. The van der Waals surface area contributed by atoms with Gasteiger partial charge in [-0.1, -0.05) is 37.3 Å². The van der Waals surface area contributed by atoms with Crippen LogP contribution in [0.1, 0.15) is 18.9 Å². The van der Waals surface area contributed by atoms with Crippen molar-refractivity contribution in [1.82, 2.24) is 4.90 Å². The fourth-order valence-corrected chi connectivity index (χ4v) is 2.31. The Morgan fingerprint density at radius 1 is 1.41 bits per heavy atom. The van der Waals surface area contributed by atoms with Crippen molar-refractivity contribution in [3.63, 3.8) is 0 Å². The summed E-state index contributed by atoms with van der Waals surface area (Å²) in [5.41, 5.74) is 0.959. The standard InChI is InChI=1S/C13H15NO3/c1-9-7-11(15)14(12(9)13(16)17)8-10-5-3-2-4-6-10/h2-6,9,12H,7-8H2,1H3,(H,16,17). The minimum Gasteiger partial charge on any atom is -0.480 e. The van der Waals surface area contributed by atoms with Gasteiger partial charge in [0.15, 0.2) is 0 Å². The highest BCUT2D eigenvalue weighted by Gasteiger charge is 2.41. The lowest BCUT2D eigenvalue weighted by Crippen LogP contribution is -2.40. The Kier molecular flexibility index (Phi) is 3.13. The first-order chi connectivity index (χ1) is 8.09. The molecule has 0 radical (unpaired) electrons. The Balaban J connectivity index is 2.18. The number of aliphatic carboxylic acids is 1. The zero-order chi connectivity index (χ0) is 12.4. The van der Waals surface area contributed by atoms with Gasteiger partial charge in [0.2, 0.25) is 5.91 Å². The predicted molar refractivity (Wildman–Crippen MR) is 62.2 cm³/mol. The number of hydrogen-bond acceptors (Lipinski definition) is 2. The van der Waals surface area contributed by atoms with Crippen LogP contribution in [0.3, 0.4) is 0 Å². The summed E-state index contributed by atoms with van der Waals surface area (Å²) >= 11 is 0. The minimum absolute atomic E-state index is 0.0752. The van der Waals surface area contributed by atoms with E-state index in [9.17, 15) is 9.59 Å². The molecule has 1 fully saturated rings. The molecule has 1 saturated heterocycles. The van der Waals surface area contributed by atoms with Gasteiger partial charge in [-0.15, -0.1) is 0 Å². The molecule has 4 heteroatoms. The third-order valence-corrected chi connectivity index (χ3v) is 3.14. The van der Waals surface area contributed by atoms with Gasteiger partial charge in [-0.05, 0) is 11.5 Å². The molecule has 2 unspecified atom stereocenters. The zero-order valence-corrected chi connectivity index (χ0v) is 9.67. The molecule has 1 amide bonds. The van der Waals surface area contributed by atoms with Crippen LogP contribution in [0.5, 0.6) is 0 Å². The van der Waals surface area contributed by atoms with E-state index in [0.717, 1.165) is 5.56 Å². The third-order valence-electron chi connectivity index (χ3n) is 3.14. The summed E-state index contributed by atoms with van der Waals surface area (Å²) in [7, 11) is 0. The van der Waals surface area contributed by atoms with Crippen LogP contribution >= 0.6 is 0 Å². The quantitative estimate of drug-likeness (QED) is 0.860. The van der Waals surface area contributed by atoms with Crippen molar-refractivity contribution in [3.05, 3.63) is 35.9 Å². The molecule has 90 valence electrons. The van der Waals surface area contributed by atoms with Crippen LogP contribution in [-0.2, 0) is 16.1 Å². The van der Waals surface area contributed by atoms with Crippen LogP contribution in [0.15, 0.2) is 30.3 Å². The number of carboxylic acids is 1. The number of hydrogen-bond donors (Lipinski definition) is 1. The zero-order valence-electron chi connectivity index (χ0n) is 9.67. The molecule has 1 aliphatic rings. The SMILES string of the molecule is CC1CC(=O)N(Cc2ccccc2)C1C(=O)O. The number of likely N-dealkylation sites (tertiary alicyclic amines) is 1. The first kappa shape index (κ1) is 11.6. The molecule has 2 atom stereocenters. The van der Waals surface area contributed by atoms with E-state index < -0.39 is 12.0 Å². The second-order valence-electron chi connectivity index (χ2n) is 4.47. The molecule has 0 spiro atoms. The van der Waals surface area contributed by atoms with Gasteiger partial charge in [0.05, 0.1) is 0 Å². The van der Waals surface area contributed by atoms with Crippen molar-refractivity contribution >= 4 is 11.9 Å². The van der Waals surface area contributed by atoms with Gasteiger partial charge < -0.3 is 10.0 Å². The molecule has 2 rings (SSSR count). The van der Waals surface area contributed by atoms with E-state index in [0.29, 0.717) is 13.0 Å². The third kappa shape index (κ3) is 2.30. The number of rotatable bonds is 3. The maximum Gasteiger partial charge on any atom is 0.326 e. The van der Waals surface area contributed by atoms with Crippen molar-refractivity contribution in [2.45, 2.75) is 25.9 Å². The Morgan fingerprint density at radius 3 is 2.65 bits per heavy atom. The average Bonchev–Trinajstić information content (AvgIpc) is 2.55. The van der Waals surface area contributed by atoms with Crippen molar-refractivity contribution in [3.8, 4) is 0 Å². The molecule has 4 nitrogen and oxygen atoms in total. The van der Waals surface area contributed by atoms with Crippen LogP contribution in [0.2, 0.25) is 0 Å². The molecule has 1 aliphatic heterocycles. The van der Waals surface area contributed by atoms with Crippen molar-refractivity contribution in [1.29, 1.82) is 0 Å². The van der Waals surface area contributed by atoms with Crippen molar-refractivity contribution < 1.29 is 14.7 Å². The van der Waals surface area contributed by atoms with Gasteiger partial charge in [0, 0.05) is 13.0 Å². The summed E-state index contributed by atoms with van der Waals surface area (Å²) < 4.78 is 0. The molecule has 0 aliphatic carbocycles. The number of benzene rings is 1. The molecular formula is C13H15NO3. The molecular weight excluding hydrogens is 218 g/mol. The smallest absolute Gasteiger partial charge is 0.326 e. The number of carbonyl (C=O) groups excluding carboxylic acids is 1. The Hall–Kier alpha value is -1.84. The number of nitrogens with zero attached hydrogens (tertiary/aromatic N) is 1. The average molecular weight is 233 g/mol. The van der Waals surface area contributed by atoms with E-state index in [2.05, 4.69) is 0 Å². The highest BCUT2D eigenvalue weighted by molar-refractivity contribution is 5.88. The molecule has 1 N–H and O–H groups in total. The van der Waals surface area contributed by atoms with Crippen LogP contribution in [0.25, 0.3) is 0 Å². The summed E-state index contributed by atoms with van der Waals surface area (Å²) in [6.45, 7) is 2.18. The topological polar surface area (TPSA) is 57.6 Å². The molecule has 17 heavy (non-hydrogen) atoms. The van der Waals surface area contributed by atoms with Crippen LogP contribution in [-0.4, -0.2) is 27.9 Å². The summed E-state index contributed by atoms with van der Waals surface area (Å²) in [6.07, 6.45) is 0.323. The molecule has 0 aromatic heterocycles. The summed E-state index contributed by atoms with van der Waals surface area (Å²) in [5.74, 6) is -1.11. The fraction of sp³-hybridized carbons (Fsp3) is 0.385. The van der Waals surface area contributed by atoms with E-state index >= 15 is 0 Å². The van der Waals surface area contributed by atoms with Gasteiger partial charge in [0.25, 0.3) is 0 Å². The summed E-state index contributed by atoms with van der Waals surface area (Å²) in [5, 5.41) is 9.16. The first-order valence-electron chi connectivity index (χ1n) is 5.66. The van der Waals surface area contributed by atoms with Gasteiger partial charge in [-0.2, -0.15) is 0 Å². The normalized spacial score (nSPS) is 24.1. The highest BCUT2D eigenvalue weighted by atomic mass is 16.4. The Bertz CT molecular complexity index is 430.